The summed E-state index contributed by atoms with van der Waals surface area (Å²) in [6.07, 6.45) is 1.21. The molecule has 0 aromatic heterocycles. The van der Waals surface area contributed by atoms with Gasteiger partial charge in [-0.05, 0) is 38.5 Å². The summed E-state index contributed by atoms with van der Waals surface area (Å²) in [6.45, 7) is 6.15. The summed E-state index contributed by atoms with van der Waals surface area (Å²) in [5, 5.41) is 5.88. The Hall–Kier alpha value is -1.56. The molecule has 2 N–H and O–H groups in total. The van der Waals surface area contributed by atoms with Gasteiger partial charge in [0.2, 0.25) is 0 Å². The molecule has 1 atom stereocenters. The van der Waals surface area contributed by atoms with E-state index in [1.807, 2.05) is 19.9 Å². The Kier molecular flexibility index (Phi) is 5.56. The van der Waals surface area contributed by atoms with Crippen molar-refractivity contribution in [3.05, 3.63) is 29.3 Å². The van der Waals surface area contributed by atoms with E-state index >= 15 is 0 Å². The van der Waals surface area contributed by atoms with Crippen molar-refractivity contribution in [3.63, 3.8) is 0 Å². The summed E-state index contributed by atoms with van der Waals surface area (Å²) >= 11 is 0. The highest BCUT2D eigenvalue weighted by molar-refractivity contribution is 7.90. The highest BCUT2D eigenvalue weighted by Gasteiger charge is 2.13. The van der Waals surface area contributed by atoms with Gasteiger partial charge in [0.25, 0.3) is 5.91 Å². The Morgan fingerprint density at radius 1 is 1.35 bits per heavy atom. The van der Waals surface area contributed by atoms with Crippen LogP contribution in [0.1, 0.15) is 29.8 Å². The average Bonchev–Trinajstić information content (AvgIpc) is 2.29. The molecule has 0 spiro atoms. The lowest BCUT2D eigenvalue weighted by Gasteiger charge is -2.17. The summed E-state index contributed by atoms with van der Waals surface area (Å²) < 4.78 is 22.5. The van der Waals surface area contributed by atoms with E-state index in [2.05, 4.69) is 10.6 Å². The summed E-state index contributed by atoms with van der Waals surface area (Å²) in [5.74, 6) is -0.0796. The molecular formula is C14H22N2O3S. The van der Waals surface area contributed by atoms with Crippen molar-refractivity contribution in [1.82, 2.24) is 5.32 Å². The van der Waals surface area contributed by atoms with Gasteiger partial charge in [-0.1, -0.05) is 6.07 Å². The molecule has 112 valence electrons. The van der Waals surface area contributed by atoms with Gasteiger partial charge in [0.15, 0.2) is 0 Å². The van der Waals surface area contributed by atoms with Crippen molar-refractivity contribution in [2.45, 2.75) is 26.8 Å². The van der Waals surface area contributed by atoms with Crippen LogP contribution >= 0.6 is 0 Å². The maximum Gasteiger partial charge on any atom is 0.251 e. The van der Waals surface area contributed by atoms with E-state index in [1.165, 1.54) is 6.26 Å². The average molecular weight is 298 g/mol. The molecule has 1 rings (SSSR count). The standard InChI is InChI=1S/C14H22N2O3S/c1-5-15-14(17)12-7-6-10(2)13(8-12)16-11(3)9-20(4,18)19/h6-8,11,16H,5,9H2,1-4H3,(H,15,17). The lowest BCUT2D eigenvalue weighted by molar-refractivity contribution is 0.0956. The van der Waals surface area contributed by atoms with Gasteiger partial charge in [0, 0.05) is 30.1 Å². The second-order valence-corrected chi connectivity index (χ2v) is 7.21. The van der Waals surface area contributed by atoms with Crippen LogP contribution in [0.15, 0.2) is 18.2 Å². The molecule has 0 heterocycles. The zero-order valence-corrected chi connectivity index (χ0v) is 13.2. The van der Waals surface area contributed by atoms with Crippen molar-refractivity contribution in [3.8, 4) is 0 Å². The molecule has 0 aliphatic rings. The Labute approximate surface area is 120 Å². The van der Waals surface area contributed by atoms with Gasteiger partial charge in [-0.3, -0.25) is 4.79 Å². The fourth-order valence-corrected chi connectivity index (χ4v) is 2.93. The number of sulfone groups is 1. The number of carbonyl (C=O) groups is 1. The van der Waals surface area contributed by atoms with Crippen molar-refractivity contribution in [2.24, 2.45) is 0 Å². The first-order chi connectivity index (χ1) is 9.23. The van der Waals surface area contributed by atoms with E-state index in [1.54, 1.807) is 19.1 Å². The Morgan fingerprint density at radius 2 is 2.00 bits per heavy atom. The van der Waals surface area contributed by atoms with Crippen LogP contribution in [-0.4, -0.2) is 38.9 Å². The normalized spacial score (nSPS) is 12.8. The fourth-order valence-electron chi connectivity index (χ4n) is 1.94. The van der Waals surface area contributed by atoms with E-state index in [9.17, 15) is 13.2 Å². The predicted molar refractivity (Wildman–Crippen MR) is 82.0 cm³/mol. The fraction of sp³-hybridized carbons (Fsp3) is 0.500. The van der Waals surface area contributed by atoms with Crippen LogP contribution in [-0.2, 0) is 9.84 Å². The number of anilines is 1. The third-order valence-electron chi connectivity index (χ3n) is 2.79. The lowest BCUT2D eigenvalue weighted by atomic mass is 10.1. The minimum atomic E-state index is -3.03. The van der Waals surface area contributed by atoms with Crippen LogP contribution in [0.4, 0.5) is 5.69 Å². The third kappa shape index (κ3) is 5.21. The molecule has 0 saturated carbocycles. The topological polar surface area (TPSA) is 75.3 Å². The van der Waals surface area contributed by atoms with Gasteiger partial charge < -0.3 is 10.6 Å². The summed E-state index contributed by atoms with van der Waals surface area (Å²) in [7, 11) is -3.03. The number of aryl methyl sites for hydroxylation is 1. The number of carbonyl (C=O) groups excluding carboxylic acids is 1. The van der Waals surface area contributed by atoms with Gasteiger partial charge in [-0.15, -0.1) is 0 Å². The number of rotatable bonds is 6. The molecule has 6 heteroatoms. The minimum absolute atomic E-state index is 0.0534. The van der Waals surface area contributed by atoms with Crippen LogP contribution in [0, 0.1) is 6.92 Å². The van der Waals surface area contributed by atoms with Crippen molar-refractivity contribution in [1.29, 1.82) is 0 Å². The second-order valence-electron chi connectivity index (χ2n) is 5.03. The SMILES string of the molecule is CCNC(=O)c1ccc(C)c(NC(C)CS(C)(=O)=O)c1. The van der Waals surface area contributed by atoms with Gasteiger partial charge in [0.05, 0.1) is 5.75 Å². The first-order valence-electron chi connectivity index (χ1n) is 6.56. The van der Waals surface area contributed by atoms with Crippen LogP contribution in [0.3, 0.4) is 0 Å². The van der Waals surface area contributed by atoms with Crippen LogP contribution in [0.25, 0.3) is 0 Å². The van der Waals surface area contributed by atoms with Crippen molar-refractivity contribution >= 4 is 21.4 Å². The summed E-state index contributed by atoms with van der Waals surface area (Å²) in [4.78, 5) is 11.8. The molecule has 1 aromatic carbocycles. The van der Waals surface area contributed by atoms with Gasteiger partial charge in [-0.25, -0.2) is 8.42 Å². The monoisotopic (exact) mass is 298 g/mol. The zero-order chi connectivity index (χ0) is 15.3. The summed E-state index contributed by atoms with van der Waals surface area (Å²) in [6, 6.07) is 5.14. The molecule has 1 unspecified atom stereocenters. The molecule has 20 heavy (non-hydrogen) atoms. The molecule has 1 amide bonds. The van der Waals surface area contributed by atoms with E-state index in [0.29, 0.717) is 12.1 Å². The number of hydrogen-bond acceptors (Lipinski definition) is 4. The third-order valence-corrected chi connectivity index (χ3v) is 3.90. The Balaban J connectivity index is 2.89. The van der Waals surface area contributed by atoms with E-state index < -0.39 is 9.84 Å². The molecule has 1 aromatic rings. The number of amides is 1. The summed E-state index contributed by atoms with van der Waals surface area (Å²) in [5.41, 5.74) is 2.31. The predicted octanol–water partition coefficient (Wildman–Crippen LogP) is 1.59. The van der Waals surface area contributed by atoms with Gasteiger partial charge in [-0.2, -0.15) is 0 Å². The van der Waals surface area contributed by atoms with Crippen LogP contribution in [0.2, 0.25) is 0 Å². The molecule has 0 aliphatic heterocycles. The van der Waals surface area contributed by atoms with Crippen molar-refractivity contribution in [2.75, 3.05) is 23.9 Å². The van der Waals surface area contributed by atoms with Crippen LogP contribution < -0.4 is 10.6 Å². The maximum absolute atomic E-state index is 11.8. The van der Waals surface area contributed by atoms with E-state index in [4.69, 9.17) is 0 Å². The van der Waals surface area contributed by atoms with E-state index in [-0.39, 0.29) is 17.7 Å². The molecular weight excluding hydrogens is 276 g/mol. The molecule has 0 radical (unpaired) electrons. The number of hydrogen-bond donors (Lipinski definition) is 2. The number of benzene rings is 1. The van der Waals surface area contributed by atoms with Gasteiger partial charge >= 0.3 is 0 Å². The zero-order valence-electron chi connectivity index (χ0n) is 12.4. The van der Waals surface area contributed by atoms with Gasteiger partial charge in [0.1, 0.15) is 9.84 Å². The molecule has 0 saturated heterocycles. The first kappa shape index (κ1) is 16.5. The van der Waals surface area contributed by atoms with E-state index in [0.717, 1.165) is 11.3 Å². The molecule has 0 aliphatic carbocycles. The quantitative estimate of drug-likeness (QED) is 0.836. The highest BCUT2D eigenvalue weighted by Crippen LogP contribution is 2.18. The van der Waals surface area contributed by atoms with Crippen molar-refractivity contribution < 1.29 is 13.2 Å². The van der Waals surface area contributed by atoms with Crippen LogP contribution in [0.5, 0.6) is 0 Å². The molecule has 5 nitrogen and oxygen atoms in total. The molecule has 0 bridgehead atoms. The second kappa shape index (κ2) is 6.74. The molecule has 0 fully saturated rings. The first-order valence-corrected chi connectivity index (χ1v) is 8.62. The largest absolute Gasteiger partial charge is 0.381 e. The smallest absolute Gasteiger partial charge is 0.251 e. The Bertz CT molecular complexity index is 582. The minimum Gasteiger partial charge on any atom is -0.381 e. The Morgan fingerprint density at radius 3 is 2.55 bits per heavy atom. The lowest BCUT2D eigenvalue weighted by Crippen LogP contribution is -2.26. The highest BCUT2D eigenvalue weighted by atomic mass is 32.2. The maximum atomic E-state index is 11.8. The number of nitrogens with one attached hydrogen (secondary N) is 2.